The van der Waals surface area contributed by atoms with Crippen LogP contribution in [0.5, 0.6) is 17.2 Å². The van der Waals surface area contributed by atoms with Gasteiger partial charge >= 0.3 is 0 Å². The van der Waals surface area contributed by atoms with Crippen molar-refractivity contribution in [3.05, 3.63) is 237 Å². The number of imidazole rings is 1. The van der Waals surface area contributed by atoms with Gasteiger partial charge < -0.3 is 39.2 Å². The largest absolute Gasteiger partial charge is 0.496 e. The Hall–Kier alpha value is -9.61. The second kappa shape index (κ2) is 45.2. The van der Waals surface area contributed by atoms with Crippen molar-refractivity contribution < 1.29 is 49.6 Å². The molecule has 1 aliphatic rings. The number of carbonyl (C=O) groups is 2. The summed E-state index contributed by atoms with van der Waals surface area (Å²) < 4.78 is 76.0. The number of nitrogens with one attached hydrogen (secondary N) is 2. The van der Waals surface area contributed by atoms with Crippen LogP contribution in [-0.2, 0) is 59.2 Å². The summed E-state index contributed by atoms with van der Waals surface area (Å²) in [6.07, 6.45) is 5.23. The summed E-state index contributed by atoms with van der Waals surface area (Å²) in [5.74, 6) is 5.65. The molecule has 1 saturated heterocycles. The van der Waals surface area contributed by atoms with E-state index in [-0.39, 0.29) is 61.6 Å². The number of methoxy groups -OCH3 is 1. The van der Waals surface area contributed by atoms with Gasteiger partial charge in [0, 0.05) is 58.5 Å². The number of rotatable bonds is 15. The van der Waals surface area contributed by atoms with Crippen molar-refractivity contribution in [3.8, 4) is 40.0 Å². The number of thiazole rings is 1. The van der Waals surface area contributed by atoms with E-state index in [1.807, 2.05) is 173 Å². The molecule has 23 heteroatoms. The molecule has 1 atom stereocenters. The third-order valence-corrected chi connectivity index (χ3v) is 23.7. The van der Waals surface area contributed by atoms with Crippen molar-refractivity contribution in [2.24, 2.45) is 33.3 Å². The molecule has 11 aromatic rings. The number of ether oxygens (including phenoxy) is 3. The summed E-state index contributed by atoms with van der Waals surface area (Å²) in [5.41, 5.74) is 17.5. The molecule has 1 aliphatic heterocycles. The van der Waals surface area contributed by atoms with Crippen LogP contribution in [0.3, 0.4) is 0 Å². The van der Waals surface area contributed by atoms with E-state index < -0.39 is 25.8 Å². The summed E-state index contributed by atoms with van der Waals surface area (Å²) in [4.78, 5) is 39.6. The lowest BCUT2D eigenvalue weighted by Crippen LogP contribution is -2.28. The maximum Gasteiger partial charge on any atom is 0.248 e. The number of hydrogen-bond acceptors (Lipinski definition) is 16. The van der Waals surface area contributed by atoms with Crippen LogP contribution in [0, 0.1) is 41.4 Å². The van der Waals surface area contributed by atoms with Crippen molar-refractivity contribution in [1.82, 2.24) is 25.1 Å². The zero-order valence-corrected chi connectivity index (χ0v) is 83.5. The first kappa shape index (κ1) is 106. The molecule has 2 amide bonds. The molecule has 0 bridgehead atoms. The number of primary amides is 1. The van der Waals surface area contributed by atoms with Gasteiger partial charge in [0.05, 0.1) is 68.8 Å². The third kappa shape index (κ3) is 36.7. The first-order valence-corrected chi connectivity index (χ1v) is 47.5. The van der Waals surface area contributed by atoms with Crippen molar-refractivity contribution in [2.45, 2.75) is 259 Å². The molecule has 0 aliphatic carbocycles. The lowest BCUT2D eigenvalue weighted by atomic mass is 9.87. The van der Waals surface area contributed by atoms with Crippen LogP contribution in [0.1, 0.15) is 255 Å². The van der Waals surface area contributed by atoms with E-state index in [0.717, 1.165) is 122 Å². The van der Waals surface area contributed by atoms with Crippen molar-refractivity contribution >= 4 is 76.5 Å². The second-order valence-corrected chi connectivity index (χ2v) is 46.0. The number of aromatic nitrogens is 5. The van der Waals surface area contributed by atoms with Gasteiger partial charge in [-0.25, -0.2) is 31.8 Å². The molecule has 1 unspecified atom stereocenters. The van der Waals surface area contributed by atoms with Gasteiger partial charge in [-0.1, -0.05) is 276 Å². The topological polar surface area (TPSA) is 265 Å². The monoisotopic (exact) mass is 1790 g/mol. The van der Waals surface area contributed by atoms with Crippen molar-refractivity contribution in [2.75, 3.05) is 41.9 Å². The van der Waals surface area contributed by atoms with Crippen molar-refractivity contribution in [1.29, 1.82) is 0 Å². The molecule has 682 valence electrons. The van der Waals surface area contributed by atoms with E-state index >= 15 is 0 Å². The van der Waals surface area contributed by atoms with Gasteiger partial charge in [-0.15, -0.1) is 11.3 Å². The Balaban J connectivity index is 0.000000254. The average Bonchev–Trinajstić information content (AvgIpc) is 1.41. The number of benzene rings is 7. The normalized spacial score (nSPS) is 13.1. The van der Waals surface area contributed by atoms with E-state index in [1.165, 1.54) is 21.9 Å². The van der Waals surface area contributed by atoms with Crippen LogP contribution >= 0.6 is 22.9 Å². The van der Waals surface area contributed by atoms with Crippen molar-refractivity contribution in [3.63, 3.8) is 0 Å². The molecule has 0 saturated carbocycles. The SMILES string of the molecule is CC(C)(C)CCc1nc2ccccc2[nH]1.CC(C)(C)COc1ccc(C(N)=O)cc1.CC(C)(C)c1cccc(N2CCCS2(=O)=O)c1.CC(C)C(=O)Nc1nc(CC(C)(C)C)cs1.CC(Oc1ccccc1Cl)C(C)(C)C.COc1ccccc1-c1cc(C(C)(C)C)no1.Cc1ccc(C(C)(C)C)cc1S(C)(=O)=O.Cc1oc(-c2ccccc2)nc1C(C)(C)C. The van der Waals surface area contributed by atoms with Crippen LogP contribution in [0.25, 0.3) is 33.8 Å². The van der Waals surface area contributed by atoms with E-state index in [9.17, 15) is 26.4 Å². The van der Waals surface area contributed by atoms with Crippen LogP contribution in [0.4, 0.5) is 10.8 Å². The zero-order chi connectivity index (χ0) is 94.2. The number of sulfone groups is 1. The molecule has 4 aromatic heterocycles. The molecule has 0 radical (unpaired) electrons. The number of para-hydroxylation sites is 4. The molecular weight excluding hydrogens is 1640 g/mol. The standard InChI is InChI=1S/C14H17NO2.C14H17NO.C13H18N2.C13H19NO2S.C12H17ClO.C12H20N2OS.C12H17NO2.C12H18O2S/c1-14(2,3)13-9-12(17-15-13)10-7-5-6-8-11(10)16-4;1-10-12(14(2,3)4)15-13(16-10)11-8-6-5-7-9-11;1-13(2,3)9-8-12-14-10-6-4-5-7-11(10)15-12;1-13(2,3)11-6-4-7-12(10-11)14-8-5-9-17(14,15)16;1-9(12(2,3)4)14-11-8-6-5-7-10(11)13;1-8(2)10(15)14-11-13-9(7-16-11)6-12(3,4)5;1-12(2,3)8-15-10-6-4-9(5-7-10)11(13)14;1-9-6-7-10(12(2,3)4)8-11(9)15(5,13)14/h5-9H,1-4H3;5-9H,1-4H3;4-7H,8-9H2,1-3H3,(H,14,15);4,6-7,10H,5,8-9H2,1-3H3;5-9H,1-4H3;7-8H,6H2,1-5H3,(H,13,14,15);4-7H,8H2,1-3H3,(H2,13,14);6-8H,1-5H3. The van der Waals surface area contributed by atoms with Crippen LogP contribution < -0.4 is 29.6 Å². The Morgan fingerprint density at radius 1 is 0.648 bits per heavy atom. The minimum Gasteiger partial charge on any atom is -0.496 e. The second-order valence-electron chi connectivity index (χ2n) is 40.7. The maximum absolute atomic E-state index is 11.8. The Kier molecular flexibility index (Phi) is 38.3. The number of halogens is 1. The summed E-state index contributed by atoms with van der Waals surface area (Å²) in [6, 6.07) is 55.8. The van der Waals surface area contributed by atoms with Crippen LogP contribution in [0.2, 0.25) is 5.02 Å². The number of anilines is 2. The molecule has 1 fully saturated rings. The fourth-order valence-corrected chi connectivity index (χ4v) is 15.1. The van der Waals surface area contributed by atoms with Gasteiger partial charge in [-0.05, 0) is 180 Å². The summed E-state index contributed by atoms with van der Waals surface area (Å²) in [7, 11) is -4.53. The highest BCUT2D eigenvalue weighted by molar-refractivity contribution is 7.93. The van der Waals surface area contributed by atoms with Crippen LogP contribution in [-0.4, -0.2) is 92.1 Å². The Morgan fingerprint density at radius 2 is 1.23 bits per heavy atom. The number of hydrogen-bond donors (Lipinski definition) is 3. The Bertz CT molecular complexity index is 5410. The van der Waals surface area contributed by atoms with E-state index in [2.05, 4.69) is 210 Å². The average molecular weight is 1790 g/mol. The Labute approximate surface area is 757 Å². The molecule has 12 rings (SSSR count). The summed E-state index contributed by atoms with van der Waals surface area (Å²) >= 11 is 7.49. The molecule has 7 aromatic carbocycles. The number of amides is 2. The summed E-state index contributed by atoms with van der Waals surface area (Å²) in [5, 5.41) is 10.3. The number of nitrogens with zero attached hydrogens (tertiary/aromatic N) is 5. The predicted octanol–water partition coefficient (Wildman–Crippen LogP) is 26.0. The van der Waals surface area contributed by atoms with Gasteiger partial charge in [0.15, 0.2) is 20.7 Å². The Morgan fingerprint density at radius 3 is 1.74 bits per heavy atom. The molecular formula is C102H143ClN8O11S3. The van der Waals surface area contributed by atoms with Crippen LogP contribution in [0.15, 0.2) is 195 Å². The number of H-pyrrole nitrogens is 1. The third-order valence-electron chi connectivity index (χ3n) is 19.5. The lowest BCUT2D eigenvalue weighted by Gasteiger charge is -2.28. The number of nitrogens with two attached hydrogens (primary N) is 1. The number of aryl methyl sites for hydroxylation is 3. The van der Waals surface area contributed by atoms with Gasteiger partial charge in [-0.2, -0.15) is 0 Å². The molecule has 4 N–H and O–H groups in total. The number of sulfonamides is 1. The minimum absolute atomic E-state index is 0.00466. The van der Waals surface area contributed by atoms with E-state index in [0.29, 0.717) is 45.1 Å². The quantitative estimate of drug-likeness (QED) is 0.0861. The number of oxazole rings is 1. The summed E-state index contributed by atoms with van der Waals surface area (Å²) in [6.45, 7) is 62.3. The smallest absolute Gasteiger partial charge is 0.248 e. The number of aromatic amines is 1. The van der Waals surface area contributed by atoms with Gasteiger partial charge in [0.1, 0.15) is 34.9 Å². The maximum atomic E-state index is 11.8. The van der Waals surface area contributed by atoms with E-state index in [1.54, 1.807) is 37.4 Å². The first-order valence-electron chi connectivity index (χ1n) is 42.7. The molecule has 5 heterocycles. The van der Waals surface area contributed by atoms with Gasteiger partial charge in [0.25, 0.3) is 0 Å². The first-order chi connectivity index (χ1) is 57.5. The fraction of sp³-hybridized carbons (Fsp3) is 0.471. The highest BCUT2D eigenvalue weighted by Crippen LogP contribution is 2.37. The molecule has 19 nitrogen and oxygen atoms in total. The number of carbonyl (C=O) groups excluding carboxylic acids is 2. The fourth-order valence-electron chi connectivity index (χ4n) is 11.7. The minimum atomic E-state index is -3.12. The molecule has 125 heavy (non-hydrogen) atoms. The van der Waals surface area contributed by atoms with Gasteiger partial charge in [0.2, 0.25) is 27.7 Å². The predicted molar refractivity (Wildman–Crippen MR) is 520 cm³/mol. The zero-order valence-electron chi connectivity index (χ0n) is 80.3. The highest BCUT2D eigenvalue weighted by atomic mass is 35.5. The van der Waals surface area contributed by atoms with E-state index in [4.69, 9.17) is 40.5 Å². The highest BCUT2D eigenvalue weighted by Gasteiger charge is 2.31. The lowest BCUT2D eigenvalue weighted by molar-refractivity contribution is -0.118. The van der Waals surface area contributed by atoms with Gasteiger partial charge in [-0.3, -0.25) is 13.9 Å². The number of fused-ring (bicyclic) bond motifs is 1. The molecule has 0 spiro atoms.